The molecule has 0 saturated carbocycles. The van der Waals surface area contributed by atoms with Crippen LogP contribution in [0.4, 0.5) is 0 Å². The lowest BCUT2D eigenvalue weighted by molar-refractivity contribution is -0.133. The Labute approximate surface area is 122 Å². The molecule has 3 rings (SSSR count). The summed E-state index contributed by atoms with van der Waals surface area (Å²) >= 11 is 0. The molecule has 0 aromatic carbocycles. The maximum atomic E-state index is 12.3. The topological polar surface area (TPSA) is 35.6 Å². The van der Waals surface area contributed by atoms with Crippen LogP contribution in [0.5, 0.6) is 0 Å². The van der Waals surface area contributed by atoms with Gasteiger partial charge in [0.05, 0.1) is 0 Å². The van der Waals surface area contributed by atoms with Gasteiger partial charge in [0.2, 0.25) is 5.91 Å². The summed E-state index contributed by atoms with van der Waals surface area (Å²) < 4.78 is 0. The number of carbonyl (C=O) groups is 1. The number of carbonyl (C=O) groups excluding carboxylic acids is 1. The zero-order valence-electron chi connectivity index (χ0n) is 12.6. The first-order valence-corrected chi connectivity index (χ1v) is 8.52. The standard InChI is InChI=1S/C16H29N3O/c20-16(11-15-3-6-17-12-15)19-9-4-14(5-10-19)13-18-7-1-2-8-18/h14-15,17H,1-13H2. The van der Waals surface area contributed by atoms with E-state index >= 15 is 0 Å². The van der Waals surface area contributed by atoms with Crippen LogP contribution in [0.2, 0.25) is 0 Å². The summed E-state index contributed by atoms with van der Waals surface area (Å²) in [6.45, 7) is 8.00. The largest absolute Gasteiger partial charge is 0.343 e. The van der Waals surface area contributed by atoms with Crippen molar-refractivity contribution in [2.45, 2.75) is 38.5 Å². The minimum absolute atomic E-state index is 0.401. The Bertz CT molecular complexity index is 314. The highest BCUT2D eigenvalue weighted by molar-refractivity contribution is 5.76. The lowest BCUT2D eigenvalue weighted by Gasteiger charge is -2.34. The van der Waals surface area contributed by atoms with Gasteiger partial charge in [-0.2, -0.15) is 0 Å². The van der Waals surface area contributed by atoms with E-state index in [1.807, 2.05) is 0 Å². The summed E-state index contributed by atoms with van der Waals surface area (Å²) in [5, 5.41) is 3.35. The van der Waals surface area contributed by atoms with E-state index in [9.17, 15) is 4.79 Å². The molecular weight excluding hydrogens is 250 g/mol. The second-order valence-electron chi connectivity index (χ2n) is 6.89. The van der Waals surface area contributed by atoms with E-state index in [1.165, 1.54) is 51.7 Å². The van der Waals surface area contributed by atoms with Crippen molar-refractivity contribution in [1.82, 2.24) is 15.1 Å². The van der Waals surface area contributed by atoms with Crippen molar-refractivity contribution < 1.29 is 4.79 Å². The monoisotopic (exact) mass is 279 g/mol. The van der Waals surface area contributed by atoms with Gasteiger partial charge in [-0.05, 0) is 70.1 Å². The van der Waals surface area contributed by atoms with Gasteiger partial charge in [0.15, 0.2) is 0 Å². The van der Waals surface area contributed by atoms with Crippen LogP contribution in [-0.4, -0.2) is 61.5 Å². The Morgan fingerprint density at radius 3 is 2.40 bits per heavy atom. The van der Waals surface area contributed by atoms with E-state index in [0.29, 0.717) is 11.8 Å². The summed E-state index contributed by atoms with van der Waals surface area (Å²) in [4.78, 5) is 17.0. The Balaban J connectivity index is 1.37. The third-order valence-corrected chi connectivity index (χ3v) is 5.31. The lowest BCUT2D eigenvalue weighted by atomic mass is 9.95. The summed E-state index contributed by atoms with van der Waals surface area (Å²) in [7, 11) is 0. The van der Waals surface area contributed by atoms with Gasteiger partial charge in [0.25, 0.3) is 0 Å². The molecule has 4 nitrogen and oxygen atoms in total. The molecule has 0 bridgehead atoms. The number of piperidine rings is 1. The Hall–Kier alpha value is -0.610. The highest BCUT2D eigenvalue weighted by Gasteiger charge is 2.27. The van der Waals surface area contributed by atoms with Crippen LogP contribution < -0.4 is 5.32 Å². The van der Waals surface area contributed by atoms with Gasteiger partial charge in [0.1, 0.15) is 0 Å². The first kappa shape index (κ1) is 14.3. The van der Waals surface area contributed by atoms with Gasteiger partial charge in [0, 0.05) is 26.1 Å². The average Bonchev–Trinajstić information content (AvgIpc) is 3.13. The van der Waals surface area contributed by atoms with E-state index in [0.717, 1.165) is 38.5 Å². The molecule has 20 heavy (non-hydrogen) atoms. The van der Waals surface area contributed by atoms with E-state index in [4.69, 9.17) is 0 Å². The molecule has 0 spiro atoms. The van der Waals surface area contributed by atoms with Gasteiger partial charge in [-0.1, -0.05) is 0 Å². The Kier molecular flexibility index (Phi) is 4.94. The van der Waals surface area contributed by atoms with Crippen LogP contribution in [-0.2, 0) is 4.79 Å². The van der Waals surface area contributed by atoms with Crippen molar-refractivity contribution in [3.8, 4) is 0 Å². The molecule has 4 heteroatoms. The summed E-state index contributed by atoms with van der Waals surface area (Å²) in [6, 6.07) is 0. The SMILES string of the molecule is O=C(CC1CCNC1)N1CCC(CN2CCCC2)CC1. The van der Waals surface area contributed by atoms with Crippen LogP contribution >= 0.6 is 0 Å². The third kappa shape index (κ3) is 3.73. The van der Waals surface area contributed by atoms with Crippen LogP contribution in [0.25, 0.3) is 0 Å². The van der Waals surface area contributed by atoms with Crippen molar-refractivity contribution in [1.29, 1.82) is 0 Å². The van der Waals surface area contributed by atoms with Gasteiger partial charge >= 0.3 is 0 Å². The van der Waals surface area contributed by atoms with Crippen molar-refractivity contribution in [3.05, 3.63) is 0 Å². The van der Waals surface area contributed by atoms with Crippen LogP contribution in [0.15, 0.2) is 0 Å². The van der Waals surface area contributed by atoms with Crippen molar-refractivity contribution in [2.75, 3.05) is 45.8 Å². The second kappa shape index (κ2) is 6.90. The summed E-state index contributed by atoms with van der Waals surface area (Å²) in [6.07, 6.45) is 7.14. The number of hydrogen-bond acceptors (Lipinski definition) is 3. The average molecular weight is 279 g/mol. The second-order valence-corrected chi connectivity index (χ2v) is 6.89. The number of rotatable bonds is 4. The molecular formula is C16H29N3O. The van der Waals surface area contributed by atoms with E-state index < -0.39 is 0 Å². The first-order valence-electron chi connectivity index (χ1n) is 8.52. The number of amides is 1. The van der Waals surface area contributed by atoms with Crippen molar-refractivity contribution in [3.63, 3.8) is 0 Å². The molecule has 3 heterocycles. The molecule has 114 valence electrons. The molecule has 1 atom stereocenters. The number of likely N-dealkylation sites (tertiary alicyclic amines) is 2. The minimum Gasteiger partial charge on any atom is -0.343 e. The number of nitrogens with one attached hydrogen (secondary N) is 1. The molecule has 1 amide bonds. The summed E-state index contributed by atoms with van der Waals surface area (Å²) in [5.41, 5.74) is 0. The number of hydrogen-bond donors (Lipinski definition) is 1. The molecule has 3 aliphatic heterocycles. The van der Waals surface area contributed by atoms with Crippen molar-refractivity contribution >= 4 is 5.91 Å². The van der Waals surface area contributed by atoms with Gasteiger partial charge in [-0.15, -0.1) is 0 Å². The normalized spacial score (nSPS) is 29.2. The van der Waals surface area contributed by atoms with Crippen LogP contribution in [0.3, 0.4) is 0 Å². The molecule has 0 aromatic heterocycles. The molecule has 3 saturated heterocycles. The van der Waals surface area contributed by atoms with Crippen molar-refractivity contribution in [2.24, 2.45) is 11.8 Å². The van der Waals surface area contributed by atoms with Gasteiger partial charge < -0.3 is 15.1 Å². The molecule has 3 fully saturated rings. The van der Waals surface area contributed by atoms with Gasteiger partial charge in [-0.3, -0.25) is 4.79 Å². The zero-order chi connectivity index (χ0) is 13.8. The third-order valence-electron chi connectivity index (χ3n) is 5.31. The van der Waals surface area contributed by atoms with Gasteiger partial charge in [-0.25, -0.2) is 0 Å². The fourth-order valence-electron chi connectivity index (χ4n) is 3.96. The van der Waals surface area contributed by atoms with Crippen LogP contribution in [0.1, 0.15) is 38.5 Å². The predicted octanol–water partition coefficient (Wildman–Crippen LogP) is 1.32. The quantitative estimate of drug-likeness (QED) is 0.843. The molecule has 0 aromatic rings. The van der Waals surface area contributed by atoms with Crippen LogP contribution in [0, 0.1) is 11.8 Å². The molecule has 1 unspecified atom stereocenters. The first-order chi connectivity index (χ1) is 9.81. The Morgan fingerprint density at radius 2 is 1.75 bits per heavy atom. The molecule has 0 radical (unpaired) electrons. The fourth-order valence-corrected chi connectivity index (χ4v) is 3.96. The highest BCUT2D eigenvalue weighted by atomic mass is 16.2. The Morgan fingerprint density at radius 1 is 1.00 bits per heavy atom. The fraction of sp³-hybridized carbons (Fsp3) is 0.938. The predicted molar refractivity (Wildman–Crippen MR) is 80.6 cm³/mol. The lowest BCUT2D eigenvalue weighted by Crippen LogP contribution is -2.41. The maximum Gasteiger partial charge on any atom is 0.222 e. The zero-order valence-corrected chi connectivity index (χ0v) is 12.6. The molecule has 3 aliphatic rings. The number of nitrogens with zero attached hydrogens (tertiary/aromatic N) is 2. The van der Waals surface area contributed by atoms with E-state index in [-0.39, 0.29) is 0 Å². The molecule has 0 aliphatic carbocycles. The summed E-state index contributed by atoms with van der Waals surface area (Å²) in [5.74, 6) is 1.81. The van der Waals surface area contributed by atoms with E-state index in [1.54, 1.807) is 0 Å². The minimum atomic E-state index is 0.401. The molecule has 1 N–H and O–H groups in total. The highest BCUT2D eigenvalue weighted by Crippen LogP contribution is 2.22. The smallest absolute Gasteiger partial charge is 0.222 e. The maximum absolute atomic E-state index is 12.3. The van der Waals surface area contributed by atoms with E-state index in [2.05, 4.69) is 15.1 Å².